The predicted molar refractivity (Wildman–Crippen MR) is 79.6 cm³/mol. The Hall–Kier alpha value is -1.10. The Bertz CT molecular complexity index is 448. The third kappa shape index (κ3) is 4.20. The summed E-state index contributed by atoms with van der Waals surface area (Å²) in [5.41, 5.74) is 1.23. The second-order valence-corrected chi connectivity index (χ2v) is 5.69. The molecule has 0 saturated carbocycles. The van der Waals surface area contributed by atoms with Gasteiger partial charge in [-0.2, -0.15) is 0 Å². The molecule has 2 rings (SSSR count). The van der Waals surface area contributed by atoms with Crippen LogP contribution in [0.25, 0.3) is 0 Å². The van der Waals surface area contributed by atoms with Crippen LogP contribution < -0.4 is 0 Å². The zero-order valence-corrected chi connectivity index (χ0v) is 12.5. The van der Waals surface area contributed by atoms with E-state index in [4.69, 9.17) is 11.6 Å². The van der Waals surface area contributed by atoms with E-state index in [1.54, 1.807) is 4.90 Å². The molecule has 1 aliphatic heterocycles. The average Bonchev–Trinajstić information content (AvgIpc) is 2.66. The van der Waals surface area contributed by atoms with E-state index in [0.29, 0.717) is 6.54 Å². The monoisotopic (exact) mass is 296 g/mol. The lowest BCUT2D eigenvalue weighted by molar-refractivity contribution is -0.139. The lowest BCUT2D eigenvalue weighted by atomic mass is 10.2. The summed E-state index contributed by atoms with van der Waals surface area (Å²) >= 11 is 5.88. The molecule has 1 saturated heterocycles. The molecule has 1 aliphatic rings. The number of benzene rings is 1. The Morgan fingerprint density at radius 1 is 1.25 bits per heavy atom. The van der Waals surface area contributed by atoms with Gasteiger partial charge in [-0.15, -0.1) is 0 Å². The Morgan fingerprint density at radius 3 is 2.60 bits per heavy atom. The molecule has 1 heterocycles. The summed E-state index contributed by atoms with van der Waals surface area (Å²) in [6, 6.07) is 7.87. The van der Waals surface area contributed by atoms with Gasteiger partial charge in [-0.1, -0.05) is 23.7 Å². The highest BCUT2D eigenvalue weighted by molar-refractivity contribution is 6.30. The molecule has 1 aromatic carbocycles. The van der Waals surface area contributed by atoms with Crippen molar-refractivity contribution in [3.05, 3.63) is 34.9 Å². The second kappa shape index (κ2) is 7.07. The van der Waals surface area contributed by atoms with Gasteiger partial charge in [0.25, 0.3) is 5.91 Å². The van der Waals surface area contributed by atoms with Gasteiger partial charge in [0.05, 0.1) is 0 Å². The van der Waals surface area contributed by atoms with Crippen LogP contribution in [0.1, 0.15) is 18.9 Å². The van der Waals surface area contributed by atoms with E-state index in [1.807, 2.05) is 24.3 Å². The first kappa shape index (κ1) is 15.3. The van der Waals surface area contributed by atoms with Crippen LogP contribution in [0, 0.1) is 0 Å². The smallest absolute Gasteiger partial charge is 0.251 e. The summed E-state index contributed by atoms with van der Waals surface area (Å²) in [5, 5.41) is 10.1. The van der Waals surface area contributed by atoms with Gasteiger partial charge in [-0.3, -0.25) is 9.69 Å². The summed E-state index contributed by atoms with van der Waals surface area (Å²) in [7, 11) is 0. The van der Waals surface area contributed by atoms with Gasteiger partial charge < -0.3 is 10.0 Å². The Balaban J connectivity index is 1.89. The fourth-order valence-corrected chi connectivity index (χ4v) is 2.59. The number of carbonyl (C=O) groups is 1. The molecule has 0 bridgehead atoms. The molecule has 0 aliphatic carbocycles. The number of aliphatic hydroxyl groups is 1. The first-order valence-electron chi connectivity index (χ1n) is 7.00. The van der Waals surface area contributed by atoms with Crippen molar-refractivity contribution in [1.82, 2.24) is 9.80 Å². The zero-order valence-electron chi connectivity index (χ0n) is 11.8. The summed E-state index contributed by atoms with van der Waals surface area (Å²) in [4.78, 5) is 15.9. The number of halogens is 1. The van der Waals surface area contributed by atoms with Crippen LogP contribution in [0.4, 0.5) is 0 Å². The van der Waals surface area contributed by atoms with Crippen molar-refractivity contribution in [3.8, 4) is 0 Å². The van der Waals surface area contributed by atoms with Gasteiger partial charge in [-0.25, -0.2) is 0 Å². The van der Waals surface area contributed by atoms with E-state index in [-0.39, 0.29) is 5.91 Å². The van der Waals surface area contributed by atoms with Crippen LogP contribution in [0.15, 0.2) is 24.3 Å². The van der Waals surface area contributed by atoms with Crippen molar-refractivity contribution in [1.29, 1.82) is 0 Å². The third-order valence-corrected chi connectivity index (χ3v) is 3.83. The SMILES string of the molecule is CC(O)C(=O)N1CCCN(Cc2ccc(Cl)cc2)CC1. The standard InChI is InChI=1S/C15H21ClN2O2/c1-12(19)15(20)18-8-2-7-17(9-10-18)11-13-3-5-14(16)6-4-13/h3-6,12,19H,2,7-11H2,1H3. The quantitative estimate of drug-likeness (QED) is 0.924. The predicted octanol–water partition coefficient (Wildman–Crippen LogP) is 1.76. The highest BCUT2D eigenvalue weighted by atomic mass is 35.5. The fraction of sp³-hybridized carbons (Fsp3) is 0.533. The molecule has 1 aromatic rings. The van der Waals surface area contributed by atoms with E-state index < -0.39 is 6.10 Å². The van der Waals surface area contributed by atoms with Crippen molar-refractivity contribution in [2.45, 2.75) is 26.0 Å². The van der Waals surface area contributed by atoms with Crippen molar-refractivity contribution in [3.63, 3.8) is 0 Å². The maximum absolute atomic E-state index is 11.8. The van der Waals surface area contributed by atoms with Gasteiger partial charge in [0.1, 0.15) is 6.10 Å². The number of nitrogens with zero attached hydrogens (tertiary/aromatic N) is 2. The Labute approximate surface area is 124 Å². The van der Waals surface area contributed by atoms with Crippen molar-refractivity contribution < 1.29 is 9.90 Å². The molecule has 1 N–H and O–H groups in total. The fourth-order valence-electron chi connectivity index (χ4n) is 2.46. The molecule has 1 amide bonds. The van der Waals surface area contributed by atoms with Crippen molar-refractivity contribution in [2.75, 3.05) is 26.2 Å². The van der Waals surface area contributed by atoms with E-state index >= 15 is 0 Å². The summed E-state index contributed by atoms with van der Waals surface area (Å²) in [6.45, 7) is 5.60. The molecule has 0 aromatic heterocycles. The first-order chi connectivity index (χ1) is 9.56. The van der Waals surface area contributed by atoms with Crippen molar-refractivity contribution in [2.24, 2.45) is 0 Å². The molecule has 1 fully saturated rings. The van der Waals surface area contributed by atoms with Crippen LogP contribution in [0.5, 0.6) is 0 Å². The second-order valence-electron chi connectivity index (χ2n) is 5.26. The lowest BCUT2D eigenvalue weighted by Gasteiger charge is -2.23. The zero-order chi connectivity index (χ0) is 14.5. The molecular weight excluding hydrogens is 276 g/mol. The summed E-state index contributed by atoms with van der Waals surface area (Å²) in [5.74, 6) is -0.168. The van der Waals surface area contributed by atoms with Crippen molar-refractivity contribution >= 4 is 17.5 Å². The molecule has 5 heteroatoms. The lowest BCUT2D eigenvalue weighted by Crippen LogP contribution is -2.40. The van der Waals surface area contributed by atoms with Crippen LogP contribution in [-0.2, 0) is 11.3 Å². The van der Waals surface area contributed by atoms with Crippen LogP contribution in [0.3, 0.4) is 0 Å². The summed E-state index contributed by atoms with van der Waals surface area (Å²) in [6.07, 6.45) is 0.0318. The number of aliphatic hydroxyl groups excluding tert-OH is 1. The molecule has 4 nitrogen and oxygen atoms in total. The van der Waals surface area contributed by atoms with Gasteiger partial charge >= 0.3 is 0 Å². The number of rotatable bonds is 3. The normalized spacial score (nSPS) is 18.6. The minimum Gasteiger partial charge on any atom is -0.384 e. The molecular formula is C15H21ClN2O2. The number of hydrogen-bond acceptors (Lipinski definition) is 3. The largest absolute Gasteiger partial charge is 0.384 e. The molecule has 20 heavy (non-hydrogen) atoms. The van der Waals surface area contributed by atoms with E-state index in [2.05, 4.69) is 4.90 Å². The third-order valence-electron chi connectivity index (χ3n) is 3.58. The maximum Gasteiger partial charge on any atom is 0.251 e. The average molecular weight is 297 g/mol. The van der Waals surface area contributed by atoms with Crippen LogP contribution in [-0.4, -0.2) is 53.1 Å². The Morgan fingerprint density at radius 2 is 1.95 bits per heavy atom. The molecule has 1 atom stereocenters. The molecule has 0 spiro atoms. The minimum absolute atomic E-state index is 0.168. The molecule has 1 unspecified atom stereocenters. The molecule has 0 radical (unpaired) electrons. The highest BCUT2D eigenvalue weighted by Crippen LogP contribution is 2.13. The maximum atomic E-state index is 11.8. The Kier molecular flexibility index (Phi) is 5.40. The minimum atomic E-state index is -0.905. The first-order valence-corrected chi connectivity index (χ1v) is 7.37. The van der Waals surface area contributed by atoms with E-state index in [9.17, 15) is 9.90 Å². The van der Waals surface area contributed by atoms with E-state index in [0.717, 1.165) is 37.6 Å². The topological polar surface area (TPSA) is 43.8 Å². The molecule has 110 valence electrons. The van der Waals surface area contributed by atoms with Gasteiger partial charge in [0.2, 0.25) is 0 Å². The summed E-state index contributed by atoms with van der Waals surface area (Å²) < 4.78 is 0. The van der Waals surface area contributed by atoms with Gasteiger partial charge in [0.15, 0.2) is 0 Å². The van der Waals surface area contributed by atoms with Crippen LogP contribution >= 0.6 is 11.6 Å². The van der Waals surface area contributed by atoms with Gasteiger partial charge in [-0.05, 0) is 31.0 Å². The van der Waals surface area contributed by atoms with Crippen LogP contribution in [0.2, 0.25) is 5.02 Å². The van der Waals surface area contributed by atoms with E-state index in [1.165, 1.54) is 12.5 Å². The number of amides is 1. The number of hydrogen-bond donors (Lipinski definition) is 1. The highest BCUT2D eigenvalue weighted by Gasteiger charge is 2.21. The van der Waals surface area contributed by atoms with Gasteiger partial charge in [0, 0.05) is 37.7 Å². The number of carbonyl (C=O) groups excluding carboxylic acids is 1.